The minimum atomic E-state index is -1.16. The molecular weight excluding hydrogens is 762 g/mol. The molecule has 15 nitrogen and oxygen atoms in total. The normalized spacial score (nSPS) is 20.7. The van der Waals surface area contributed by atoms with E-state index >= 15 is 0 Å². The van der Waals surface area contributed by atoms with E-state index in [9.17, 15) is 19.2 Å². The van der Waals surface area contributed by atoms with Gasteiger partial charge < -0.3 is 47.7 Å². The second-order valence-electron chi connectivity index (χ2n) is 18.3. The van der Waals surface area contributed by atoms with Crippen LogP contribution in [0.1, 0.15) is 99.6 Å². The Hall–Kier alpha value is -5.08. The Balaban J connectivity index is 1.75. The second-order valence-corrected chi connectivity index (χ2v) is 18.3. The van der Waals surface area contributed by atoms with Crippen LogP contribution in [-0.4, -0.2) is 121 Å². The van der Waals surface area contributed by atoms with Gasteiger partial charge in [-0.2, -0.15) is 0 Å². The van der Waals surface area contributed by atoms with Gasteiger partial charge in [0.25, 0.3) is 0 Å². The topological polar surface area (TPSA) is 152 Å². The highest BCUT2D eigenvalue weighted by Crippen LogP contribution is 2.36. The van der Waals surface area contributed by atoms with Crippen LogP contribution in [0.2, 0.25) is 0 Å². The maximum atomic E-state index is 14.8. The van der Waals surface area contributed by atoms with Crippen LogP contribution in [0.15, 0.2) is 42.5 Å². The second kappa shape index (κ2) is 18.9. The van der Waals surface area contributed by atoms with E-state index in [0.717, 1.165) is 12.0 Å². The van der Waals surface area contributed by atoms with Crippen LogP contribution in [0.25, 0.3) is 0 Å². The molecule has 2 aliphatic heterocycles. The highest BCUT2D eigenvalue weighted by Gasteiger charge is 2.51. The van der Waals surface area contributed by atoms with Crippen molar-refractivity contribution in [3.8, 4) is 17.2 Å². The maximum Gasteiger partial charge on any atom is 0.509 e. The number of ether oxygens (including phenoxy) is 8. The van der Waals surface area contributed by atoms with Crippen molar-refractivity contribution in [1.82, 2.24) is 14.7 Å². The van der Waals surface area contributed by atoms with Crippen molar-refractivity contribution < 1.29 is 57.1 Å². The molecule has 15 heteroatoms. The zero-order valence-electron chi connectivity index (χ0n) is 37.2. The summed E-state index contributed by atoms with van der Waals surface area (Å²) in [6.07, 6.45) is -3.01. The Bertz CT molecular complexity index is 1760. The molecule has 2 saturated heterocycles. The molecule has 0 radical (unpaired) electrons. The smallest absolute Gasteiger partial charge is 0.497 e. The van der Waals surface area contributed by atoms with Crippen molar-refractivity contribution in [2.45, 2.75) is 142 Å². The molecule has 3 amide bonds. The fourth-order valence-electron chi connectivity index (χ4n) is 7.18. The largest absolute Gasteiger partial charge is 0.509 e. The molecule has 0 spiro atoms. The third kappa shape index (κ3) is 13.2. The van der Waals surface area contributed by atoms with Crippen molar-refractivity contribution in [2.75, 3.05) is 41.0 Å². The van der Waals surface area contributed by atoms with E-state index in [1.165, 1.54) is 16.9 Å². The van der Waals surface area contributed by atoms with E-state index in [-0.39, 0.29) is 26.1 Å². The van der Waals surface area contributed by atoms with Gasteiger partial charge in [0.05, 0.1) is 40.5 Å². The standard InChI is InChI=1S/C44H65N3O12/c1-41(2,3)57-38(49)46-28-35(55-40(51)59-43(7,8)9)36(33(46)25-29-15-18-31(52-11)19-16-29)56-37(48)45(27-30-17-20-32(53-12)26-34(30)54-13)24-22-44(10)21-14-23-47(44)39(50)58-42(4,5)6/h15-20,26,33,35-36H,14,21-25,27-28H2,1-13H3/t33-,35+,36+,44-/m1/s1. The molecule has 2 aromatic rings. The molecule has 2 aliphatic rings. The average molecular weight is 828 g/mol. The molecule has 2 fully saturated rings. The molecule has 4 atom stereocenters. The summed E-state index contributed by atoms with van der Waals surface area (Å²) in [6.45, 7) is 18.5. The van der Waals surface area contributed by atoms with Gasteiger partial charge >= 0.3 is 24.4 Å². The fourth-order valence-corrected chi connectivity index (χ4v) is 7.18. The number of methoxy groups -OCH3 is 3. The summed E-state index contributed by atoms with van der Waals surface area (Å²) in [4.78, 5) is 60.0. The first-order valence-corrected chi connectivity index (χ1v) is 20.1. The number of benzene rings is 2. The monoisotopic (exact) mass is 827 g/mol. The molecule has 2 aromatic carbocycles. The van der Waals surface area contributed by atoms with Gasteiger partial charge in [0.2, 0.25) is 0 Å². The molecule has 0 aliphatic carbocycles. The highest BCUT2D eigenvalue weighted by atomic mass is 16.7. The predicted molar refractivity (Wildman–Crippen MR) is 220 cm³/mol. The summed E-state index contributed by atoms with van der Waals surface area (Å²) >= 11 is 0. The summed E-state index contributed by atoms with van der Waals surface area (Å²) in [6, 6.07) is 11.8. The zero-order chi connectivity index (χ0) is 43.9. The number of likely N-dealkylation sites (tertiary alicyclic amines) is 2. The SMILES string of the molecule is COc1ccc(C[C@@H]2[C@H](OC(=O)N(CC[C@@]3(C)CCCN3C(=O)OC(C)(C)C)Cc3ccc(OC)cc3OC)[C@@H](OC(=O)OC(C)(C)C)CN2C(=O)OC(C)(C)C)cc1. The average Bonchev–Trinajstić information content (AvgIpc) is 3.67. The van der Waals surface area contributed by atoms with Crippen LogP contribution < -0.4 is 14.2 Å². The van der Waals surface area contributed by atoms with Crippen molar-refractivity contribution in [3.05, 3.63) is 53.6 Å². The first-order valence-electron chi connectivity index (χ1n) is 20.1. The molecule has 0 bridgehead atoms. The van der Waals surface area contributed by atoms with Crippen LogP contribution in [0.3, 0.4) is 0 Å². The summed E-state index contributed by atoms with van der Waals surface area (Å²) in [5.74, 6) is 1.71. The van der Waals surface area contributed by atoms with Crippen molar-refractivity contribution >= 4 is 24.4 Å². The lowest BCUT2D eigenvalue weighted by Crippen LogP contribution is -2.50. The van der Waals surface area contributed by atoms with Gasteiger partial charge in [-0.15, -0.1) is 0 Å². The van der Waals surface area contributed by atoms with Gasteiger partial charge in [0.15, 0.2) is 12.2 Å². The number of hydrogen-bond donors (Lipinski definition) is 0. The molecule has 328 valence electrons. The minimum absolute atomic E-state index is 0.0533. The lowest BCUT2D eigenvalue weighted by molar-refractivity contribution is -0.0566. The molecule has 0 unspecified atom stereocenters. The molecule has 0 aromatic heterocycles. The van der Waals surface area contributed by atoms with Gasteiger partial charge in [-0.1, -0.05) is 12.1 Å². The van der Waals surface area contributed by atoms with E-state index in [4.69, 9.17) is 37.9 Å². The van der Waals surface area contributed by atoms with E-state index < -0.39 is 65.0 Å². The van der Waals surface area contributed by atoms with Crippen LogP contribution >= 0.6 is 0 Å². The van der Waals surface area contributed by atoms with E-state index in [1.54, 1.807) is 84.9 Å². The quantitative estimate of drug-likeness (QED) is 0.149. The minimum Gasteiger partial charge on any atom is -0.497 e. The van der Waals surface area contributed by atoms with Gasteiger partial charge in [-0.05, 0) is 125 Å². The zero-order valence-corrected chi connectivity index (χ0v) is 37.2. The first-order chi connectivity index (χ1) is 27.4. The van der Waals surface area contributed by atoms with Crippen molar-refractivity contribution in [3.63, 3.8) is 0 Å². The van der Waals surface area contributed by atoms with Gasteiger partial charge in [-0.25, -0.2) is 19.2 Å². The number of amides is 3. The highest BCUT2D eigenvalue weighted by molar-refractivity contribution is 5.72. The maximum absolute atomic E-state index is 14.8. The number of hydrogen-bond acceptors (Lipinski definition) is 12. The molecule has 0 N–H and O–H groups in total. The van der Waals surface area contributed by atoms with Gasteiger partial charge in [-0.3, -0.25) is 4.90 Å². The number of carbonyl (C=O) groups excluding carboxylic acids is 4. The van der Waals surface area contributed by atoms with E-state index in [0.29, 0.717) is 42.2 Å². The van der Waals surface area contributed by atoms with Gasteiger partial charge in [0, 0.05) is 30.3 Å². The molecular formula is C44H65N3O12. The number of rotatable bonds is 12. The van der Waals surface area contributed by atoms with Crippen LogP contribution in [0.4, 0.5) is 19.2 Å². The van der Waals surface area contributed by atoms with Crippen molar-refractivity contribution in [2.24, 2.45) is 0 Å². The summed E-state index contributed by atoms with van der Waals surface area (Å²) in [7, 11) is 4.65. The Morgan fingerprint density at radius 3 is 1.93 bits per heavy atom. The predicted octanol–water partition coefficient (Wildman–Crippen LogP) is 8.38. The Kier molecular flexibility index (Phi) is 14.9. The first kappa shape index (κ1) is 46.6. The summed E-state index contributed by atoms with van der Waals surface area (Å²) in [5.41, 5.74) is -1.58. The Labute approximate surface area is 349 Å². The Morgan fingerprint density at radius 1 is 0.763 bits per heavy atom. The third-order valence-electron chi connectivity index (χ3n) is 10.0. The van der Waals surface area contributed by atoms with Gasteiger partial charge in [0.1, 0.15) is 34.1 Å². The molecule has 0 saturated carbocycles. The fraction of sp³-hybridized carbons (Fsp3) is 0.636. The summed E-state index contributed by atoms with van der Waals surface area (Å²) in [5, 5.41) is 0. The lowest BCUT2D eigenvalue weighted by atomic mass is 9.94. The molecule has 59 heavy (non-hydrogen) atoms. The summed E-state index contributed by atoms with van der Waals surface area (Å²) < 4.78 is 45.9. The van der Waals surface area contributed by atoms with Crippen LogP contribution in [-0.2, 0) is 36.6 Å². The van der Waals surface area contributed by atoms with Crippen LogP contribution in [0.5, 0.6) is 17.2 Å². The molecule has 4 rings (SSSR count). The lowest BCUT2D eigenvalue weighted by Gasteiger charge is -2.38. The van der Waals surface area contributed by atoms with E-state index in [1.807, 2.05) is 45.9 Å². The Morgan fingerprint density at radius 2 is 1.36 bits per heavy atom. The third-order valence-corrected chi connectivity index (χ3v) is 10.0. The number of carbonyl (C=O) groups is 4. The van der Waals surface area contributed by atoms with Crippen LogP contribution in [0, 0.1) is 0 Å². The van der Waals surface area contributed by atoms with E-state index in [2.05, 4.69) is 0 Å². The molecule has 2 heterocycles. The number of nitrogens with zero attached hydrogens (tertiary/aromatic N) is 3. The van der Waals surface area contributed by atoms with Crippen molar-refractivity contribution in [1.29, 1.82) is 0 Å².